The van der Waals surface area contributed by atoms with Crippen LogP contribution < -0.4 is 16.4 Å². The van der Waals surface area contributed by atoms with Gasteiger partial charge in [0.25, 0.3) is 0 Å². The van der Waals surface area contributed by atoms with E-state index in [0.717, 1.165) is 0 Å². The van der Waals surface area contributed by atoms with Gasteiger partial charge in [0, 0.05) is 18.9 Å². The second-order valence-corrected chi connectivity index (χ2v) is 4.91. The van der Waals surface area contributed by atoms with Crippen LogP contribution >= 0.6 is 0 Å². The van der Waals surface area contributed by atoms with Gasteiger partial charge in [-0.15, -0.1) is 0 Å². The van der Waals surface area contributed by atoms with Crippen molar-refractivity contribution in [1.82, 2.24) is 15.0 Å². The number of alkyl halides is 3. The van der Waals surface area contributed by atoms with Gasteiger partial charge in [0.2, 0.25) is 5.95 Å². The Morgan fingerprint density at radius 3 is 2.56 bits per heavy atom. The van der Waals surface area contributed by atoms with Crippen molar-refractivity contribution in [2.75, 3.05) is 17.7 Å². The molecule has 4 N–H and O–H groups in total. The maximum Gasteiger partial charge on any atom is 0.421 e. The third-order valence-electron chi connectivity index (χ3n) is 3.08. The summed E-state index contributed by atoms with van der Waals surface area (Å²) in [7, 11) is 1.32. The van der Waals surface area contributed by atoms with E-state index < -0.39 is 11.7 Å². The van der Waals surface area contributed by atoms with Gasteiger partial charge < -0.3 is 16.4 Å². The van der Waals surface area contributed by atoms with E-state index >= 15 is 0 Å². The lowest BCUT2D eigenvalue weighted by Gasteiger charge is -2.15. The molecule has 10 heteroatoms. The van der Waals surface area contributed by atoms with Crippen LogP contribution in [0.3, 0.4) is 0 Å². The molecular weight excluding hydrogens is 335 g/mol. The van der Waals surface area contributed by atoms with Gasteiger partial charge in [-0.2, -0.15) is 23.4 Å². The molecule has 0 fully saturated rings. The lowest BCUT2D eigenvalue weighted by Crippen LogP contribution is -2.15. The summed E-state index contributed by atoms with van der Waals surface area (Å²) in [6.45, 7) is 1.58. The maximum absolute atomic E-state index is 12.9. The fraction of sp³-hybridized carbons (Fsp3) is 0.200. The standard InChI is InChI=1S/C15H14F3N7/c1-8(20)12(11-5-3-4-9(6-19)23-11)24-14-22-7-10(15(16,17)18)13(21-2)25-14/h3-5,7H,20H2,1-2H3,(H2,21,22,24,25)/b12-8+. The number of anilines is 2. The second kappa shape index (κ2) is 7.04. The molecule has 25 heavy (non-hydrogen) atoms. The van der Waals surface area contributed by atoms with E-state index in [1.807, 2.05) is 6.07 Å². The maximum atomic E-state index is 12.9. The third-order valence-corrected chi connectivity index (χ3v) is 3.08. The molecule has 0 radical (unpaired) electrons. The molecule has 2 aromatic heterocycles. The number of nitrogens with one attached hydrogen (secondary N) is 2. The summed E-state index contributed by atoms with van der Waals surface area (Å²) >= 11 is 0. The Labute approximate surface area is 141 Å². The Hall–Kier alpha value is -3.35. The SMILES string of the molecule is CNc1nc(N/C(=C(\C)N)c2cccc(C#N)n2)ncc1C(F)(F)F. The first-order chi connectivity index (χ1) is 11.8. The fourth-order valence-electron chi connectivity index (χ4n) is 1.95. The highest BCUT2D eigenvalue weighted by Gasteiger charge is 2.35. The molecule has 2 rings (SSSR count). The van der Waals surface area contributed by atoms with Crippen molar-refractivity contribution in [3.8, 4) is 6.07 Å². The quantitative estimate of drug-likeness (QED) is 0.777. The number of nitriles is 1. The highest BCUT2D eigenvalue weighted by atomic mass is 19.4. The molecule has 0 spiro atoms. The molecule has 0 atom stereocenters. The Bertz CT molecular complexity index is 849. The second-order valence-electron chi connectivity index (χ2n) is 4.91. The van der Waals surface area contributed by atoms with E-state index in [1.165, 1.54) is 13.1 Å². The van der Waals surface area contributed by atoms with Crippen LogP contribution in [0.15, 0.2) is 30.1 Å². The van der Waals surface area contributed by atoms with Crippen molar-refractivity contribution in [3.05, 3.63) is 47.0 Å². The zero-order valence-electron chi connectivity index (χ0n) is 13.3. The summed E-state index contributed by atoms with van der Waals surface area (Å²) in [5.74, 6) is -0.473. The van der Waals surface area contributed by atoms with E-state index in [9.17, 15) is 13.2 Å². The molecule has 0 aliphatic heterocycles. The monoisotopic (exact) mass is 349 g/mol. The van der Waals surface area contributed by atoms with Crippen LogP contribution in [0.4, 0.5) is 24.9 Å². The zero-order valence-corrected chi connectivity index (χ0v) is 13.3. The first kappa shape index (κ1) is 18.0. The van der Waals surface area contributed by atoms with Crippen molar-refractivity contribution in [2.24, 2.45) is 5.73 Å². The number of hydrogen-bond acceptors (Lipinski definition) is 7. The number of hydrogen-bond donors (Lipinski definition) is 3. The molecular formula is C15H14F3N7. The number of halogens is 3. The van der Waals surface area contributed by atoms with E-state index in [2.05, 4.69) is 25.6 Å². The first-order valence-corrected chi connectivity index (χ1v) is 6.99. The van der Waals surface area contributed by atoms with E-state index in [1.54, 1.807) is 19.1 Å². The van der Waals surface area contributed by atoms with Crippen LogP contribution in [-0.4, -0.2) is 22.0 Å². The van der Waals surface area contributed by atoms with Gasteiger partial charge in [-0.3, -0.25) is 0 Å². The smallest absolute Gasteiger partial charge is 0.401 e. The largest absolute Gasteiger partial charge is 0.421 e. The molecule has 0 amide bonds. The minimum atomic E-state index is -4.58. The van der Waals surface area contributed by atoms with Crippen molar-refractivity contribution in [1.29, 1.82) is 5.26 Å². The highest BCUT2D eigenvalue weighted by Crippen LogP contribution is 2.33. The molecule has 0 saturated heterocycles. The molecule has 0 aliphatic carbocycles. The minimum absolute atomic E-state index is 0.0960. The Morgan fingerprint density at radius 2 is 2.00 bits per heavy atom. The third kappa shape index (κ3) is 4.14. The Balaban J connectivity index is 2.42. The summed E-state index contributed by atoms with van der Waals surface area (Å²) in [4.78, 5) is 11.6. The molecule has 7 nitrogen and oxygen atoms in total. The molecule has 0 aromatic carbocycles. The van der Waals surface area contributed by atoms with Crippen LogP contribution in [-0.2, 0) is 6.18 Å². The molecule has 2 aromatic rings. The van der Waals surface area contributed by atoms with Gasteiger partial charge >= 0.3 is 6.18 Å². The van der Waals surface area contributed by atoms with Gasteiger partial charge in [-0.1, -0.05) is 6.07 Å². The molecule has 0 bridgehead atoms. The van der Waals surface area contributed by atoms with Gasteiger partial charge in [-0.25, -0.2) is 9.97 Å². The van der Waals surface area contributed by atoms with Crippen LogP contribution in [0.25, 0.3) is 5.70 Å². The van der Waals surface area contributed by atoms with Gasteiger partial charge in [0.15, 0.2) is 0 Å². The topological polar surface area (TPSA) is 113 Å². The number of aromatic nitrogens is 3. The minimum Gasteiger partial charge on any atom is -0.401 e. The highest BCUT2D eigenvalue weighted by molar-refractivity contribution is 5.74. The van der Waals surface area contributed by atoms with Gasteiger partial charge in [0.05, 0.1) is 11.4 Å². The number of pyridine rings is 1. The molecule has 0 saturated carbocycles. The average molecular weight is 349 g/mol. The summed E-state index contributed by atoms with van der Waals surface area (Å²) < 4.78 is 38.7. The van der Waals surface area contributed by atoms with Crippen molar-refractivity contribution in [2.45, 2.75) is 13.1 Å². The predicted molar refractivity (Wildman–Crippen MR) is 85.9 cm³/mol. The fourth-order valence-corrected chi connectivity index (χ4v) is 1.95. The van der Waals surface area contributed by atoms with E-state index in [-0.39, 0.29) is 17.5 Å². The van der Waals surface area contributed by atoms with Crippen LogP contribution in [0.1, 0.15) is 23.9 Å². The van der Waals surface area contributed by atoms with E-state index in [4.69, 9.17) is 11.0 Å². The van der Waals surface area contributed by atoms with Crippen molar-refractivity contribution >= 4 is 17.5 Å². The number of nitrogens with two attached hydrogens (primary N) is 1. The first-order valence-electron chi connectivity index (χ1n) is 6.99. The van der Waals surface area contributed by atoms with Crippen LogP contribution in [0.2, 0.25) is 0 Å². The molecule has 0 unspecified atom stereocenters. The zero-order chi connectivity index (χ0) is 18.6. The predicted octanol–water partition coefficient (Wildman–Crippen LogP) is 2.56. The average Bonchev–Trinajstić information content (AvgIpc) is 2.58. The van der Waals surface area contributed by atoms with E-state index in [0.29, 0.717) is 23.3 Å². The Morgan fingerprint density at radius 1 is 1.28 bits per heavy atom. The van der Waals surface area contributed by atoms with Crippen molar-refractivity contribution < 1.29 is 13.2 Å². The summed E-state index contributed by atoms with van der Waals surface area (Å²) in [6.07, 6.45) is -3.91. The molecule has 2 heterocycles. The number of rotatable bonds is 4. The molecule has 130 valence electrons. The van der Waals surface area contributed by atoms with Gasteiger partial charge in [-0.05, 0) is 19.1 Å². The van der Waals surface area contributed by atoms with Crippen molar-refractivity contribution in [3.63, 3.8) is 0 Å². The lowest BCUT2D eigenvalue weighted by atomic mass is 10.2. The normalized spacial score (nSPS) is 12.2. The number of nitrogens with zero attached hydrogens (tertiary/aromatic N) is 4. The lowest BCUT2D eigenvalue weighted by molar-refractivity contribution is -0.137. The Kier molecular flexibility index (Phi) is 5.07. The summed E-state index contributed by atoms with van der Waals surface area (Å²) in [6, 6.07) is 6.62. The summed E-state index contributed by atoms with van der Waals surface area (Å²) in [5.41, 5.74) is 5.94. The van der Waals surface area contributed by atoms with Crippen LogP contribution in [0.5, 0.6) is 0 Å². The number of allylic oxidation sites excluding steroid dienone is 1. The molecule has 0 aliphatic rings. The van der Waals surface area contributed by atoms with Crippen LogP contribution in [0, 0.1) is 11.3 Å². The summed E-state index contributed by atoms with van der Waals surface area (Å²) in [5, 5.41) is 14.1. The van der Waals surface area contributed by atoms with Gasteiger partial charge in [0.1, 0.15) is 23.1 Å².